The second-order valence-electron chi connectivity index (χ2n) is 6.02. The lowest BCUT2D eigenvalue weighted by Gasteiger charge is -2.31. The van der Waals surface area contributed by atoms with Crippen LogP contribution in [0.4, 0.5) is 13.2 Å². The van der Waals surface area contributed by atoms with Crippen molar-refractivity contribution in [2.45, 2.75) is 32.2 Å². The van der Waals surface area contributed by atoms with Crippen molar-refractivity contribution in [3.63, 3.8) is 0 Å². The lowest BCUT2D eigenvalue weighted by atomic mass is 10.1. The molecule has 0 aliphatic carbocycles. The average Bonchev–Trinajstić information content (AvgIpc) is 2.65. The molecule has 3 N–H and O–H groups in total. The van der Waals surface area contributed by atoms with Gasteiger partial charge in [-0.3, -0.25) is 15.1 Å². The molecule has 2 rings (SSSR count). The highest BCUT2D eigenvalue weighted by atomic mass is 19.4. The number of ether oxygens (including phenoxy) is 1. The van der Waals surface area contributed by atoms with E-state index in [1.54, 1.807) is 31.2 Å². The summed E-state index contributed by atoms with van der Waals surface area (Å²) in [6, 6.07) is 10.9. The van der Waals surface area contributed by atoms with Gasteiger partial charge in [-0.25, -0.2) is 4.79 Å². The van der Waals surface area contributed by atoms with Crippen molar-refractivity contribution in [2.75, 3.05) is 6.61 Å². The summed E-state index contributed by atoms with van der Waals surface area (Å²) in [7, 11) is 0. The smallest absolute Gasteiger partial charge is 0.460 e. The normalized spacial score (nSPS) is 13.5. The van der Waals surface area contributed by atoms with Crippen LogP contribution in [-0.2, 0) is 16.1 Å². The number of carbonyl (C=O) groups is 2. The molecule has 0 aliphatic heterocycles. The molecule has 0 fully saturated rings. The first-order valence-electron chi connectivity index (χ1n) is 8.57. The minimum Gasteiger partial charge on any atom is -0.460 e. The van der Waals surface area contributed by atoms with E-state index in [0.717, 1.165) is 0 Å². The van der Waals surface area contributed by atoms with Gasteiger partial charge in [0.05, 0.1) is 12.3 Å². The number of hydrogen-bond acceptors (Lipinski definition) is 4. The third-order valence-electron chi connectivity index (χ3n) is 4.09. The summed E-state index contributed by atoms with van der Waals surface area (Å²) in [6.07, 6.45) is -3.69. The molecule has 0 aliphatic rings. The van der Waals surface area contributed by atoms with E-state index in [0.29, 0.717) is 16.6 Å². The van der Waals surface area contributed by atoms with Crippen LogP contribution in [0.2, 0.25) is 0 Å². The first-order valence-corrected chi connectivity index (χ1v) is 8.57. The summed E-state index contributed by atoms with van der Waals surface area (Å²) in [6.45, 7) is 2.41. The number of nitrogens with two attached hydrogens (primary N) is 1. The van der Waals surface area contributed by atoms with E-state index in [-0.39, 0.29) is 18.7 Å². The number of amides is 1. The van der Waals surface area contributed by atoms with Crippen LogP contribution < -0.4 is 10.6 Å². The molecule has 9 heteroatoms. The number of nitrogens with zero attached hydrogens (tertiary/aromatic N) is 1. The van der Waals surface area contributed by atoms with E-state index in [9.17, 15) is 22.8 Å². The Bertz CT molecular complexity index is 828. The van der Waals surface area contributed by atoms with Crippen molar-refractivity contribution in [3.8, 4) is 0 Å². The zero-order valence-electron chi connectivity index (χ0n) is 15.4. The number of hydrogen-bond donors (Lipinski definition) is 2. The lowest BCUT2D eigenvalue weighted by Crippen LogP contribution is -3.06. The number of rotatable bonds is 7. The second kappa shape index (κ2) is 8.83. The fourth-order valence-corrected chi connectivity index (χ4v) is 2.58. The van der Waals surface area contributed by atoms with Gasteiger partial charge in [-0.05, 0) is 37.6 Å². The van der Waals surface area contributed by atoms with Crippen molar-refractivity contribution in [1.82, 2.24) is 10.3 Å². The Morgan fingerprint density at radius 2 is 1.82 bits per heavy atom. The van der Waals surface area contributed by atoms with Crippen LogP contribution in [-0.4, -0.2) is 35.3 Å². The zero-order valence-corrected chi connectivity index (χ0v) is 15.4. The minimum atomic E-state index is -5.12. The van der Waals surface area contributed by atoms with E-state index in [1.165, 1.54) is 31.3 Å². The zero-order chi connectivity index (χ0) is 20.8. The molecule has 150 valence electrons. The molecule has 1 amide bonds. The Kier molecular flexibility index (Phi) is 6.74. The van der Waals surface area contributed by atoms with Crippen molar-refractivity contribution < 1.29 is 32.8 Å². The summed E-state index contributed by atoms with van der Waals surface area (Å²) < 4.78 is 46.8. The predicted molar refractivity (Wildman–Crippen MR) is 93.9 cm³/mol. The van der Waals surface area contributed by atoms with Crippen molar-refractivity contribution in [2.24, 2.45) is 0 Å². The predicted octanol–water partition coefficient (Wildman–Crippen LogP) is 1.71. The Morgan fingerprint density at radius 1 is 1.14 bits per heavy atom. The number of pyridine rings is 1. The monoisotopic (exact) mass is 396 g/mol. The molecule has 1 aromatic carbocycles. The van der Waals surface area contributed by atoms with Crippen LogP contribution in [0.15, 0.2) is 48.7 Å². The highest BCUT2D eigenvalue weighted by molar-refractivity contribution is 5.98. The lowest BCUT2D eigenvalue weighted by molar-refractivity contribution is -0.757. The van der Waals surface area contributed by atoms with Gasteiger partial charge >= 0.3 is 17.8 Å². The van der Waals surface area contributed by atoms with Gasteiger partial charge in [0.15, 0.2) is 0 Å². The summed E-state index contributed by atoms with van der Waals surface area (Å²) in [5.74, 6) is -2.62. The van der Waals surface area contributed by atoms with E-state index >= 15 is 0 Å². The topological polar surface area (TPSA) is 84.9 Å². The van der Waals surface area contributed by atoms with Crippen molar-refractivity contribution >= 4 is 11.9 Å². The molecule has 0 bridgehead atoms. The standard InChI is InChI=1S/C19H20F3N3O3/c1-3-28-17(27)18(19(20,21)22,24-12-14-9-6-7-11-23-14)25-16(26)15-10-5-4-8-13(15)2/h4-11,24H,3,12H2,1-2H3,(H,25,26)/p+1/t18-/m0/s1. The number of aromatic nitrogens is 1. The number of alkyl halides is 3. The van der Waals surface area contributed by atoms with Crippen LogP contribution in [0, 0.1) is 6.92 Å². The molecule has 1 heterocycles. The van der Waals surface area contributed by atoms with E-state index in [1.807, 2.05) is 5.32 Å². The Balaban J connectivity index is 2.42. The van der Waals surface area contributed by atoms with E-state index in [2.05, 4.69) is 9.72 Å². The van der Waals surface area contributed by atoms with Gasteiger partial charge in [-0.1, -0.05) is 24.3 Å². The molecule has 28 heavy (non-hydrogen) atoms. The summed E-state index contributed by atoms with van der Waals surface area (Å²) in [5, 5.41) is 2.54. The van der Waals surface area contributed by atoms with Crippen molar-refractivity contribution in [3.05, 3.63) is 65.5 Å². The van der Waals surface area contributed by atoms with E-state index in [4.69, 9.17) is 0 Å². The number of carbonyl (C=O) groups excluding carboxylic acids is 2. The van der Waals surface area contributed by atoms with Gasteiger partial charge in [0, 0.05) is 11.8 Å². The summed E-state index contributed by atoms with van der Waals surface area (Å²) in [4.78, 5) is 28.9. The SMILES string of the molecule is CCOC(=O)[C@@](NC(=O)c1ccccc1C)([NH2+]Cc1ccccn1)C(F)(F)F. The average molecular weight is 396 g/mol. The molecule has 1 aromatic heterocycles. The number of esters is 1. The van der Waals surface area contributed by atoms with Crippen LogP contribution in [0.5, 0.6) is 0 Å². The first-order chi connectivity index (χ1) is 13.2. The molecule has 0 saturated heterocycles. The van der Waals surface area contributed by atoms with E-state index < -0.39 is 23.7 Å². The highest BCUT2D eigenvalue weighted by Crippen LogP contribution is 2.27. The van der Waals surface area contributed by atoms with Gasteiger partial charge in [-0.15, -0.1) is 0 Å². The minimum absolute atomic E-state index is 0.0339. The molecule has 6 nitrogen and oxygen atoms in total. The maximum Gasteiger partial charge on any atom is 0.478 e. The van der Waals surface area contributed by atoms with Gasteiger partial charge in [0.25, 0.3) is 5.91 Å². The molecule has 0 saturated carbocycles. The Morgan fingerprint density at radius 3 is 2.39 bits per heavy atom. The van der Waals surface area contributed by atoms with Gasteiger partial charge in [0.2, 0.25) is 0 Å². The molecule has 0 spiro atoms. The fourth-order valence-electron chi connectivity index (χ4n) is 2.58. The maximum atomic E-state index is 14.1. The summed E-state index contributed by atoms with van der Waals surface area (Å²) in [5.41, 5.74) is -2.48. The van der Waals surface area contributed by atoms with Crippen LogP contribution in [0.25, 0.3) is 0 Å². The Labute approximate surface area is 160 Å². The molecular weight excluding hydrogens is 375 g/mol. The third-order valence-corrected chi connectivity index (χ3v) is 4.09. The number of quaternary nitrogens is 1. The quantitative estimate of drug-likeness (QED) is 0.551. The number of halogens is 3. The number of nitrogens with one attached hydrogen (secondary N) is 1. The number of aryl methyl sites for hydroxylation is 1. The largest absolute Gasteiger partial charge is 0.478 e. The molecule has 0 radical (unpaired) electrons. The summed E-state index contributed by atoms with van der Waals surface area (Å²) >= 11 is 0. The second-order valence-corrected chi connectivity index (χ2v) is 6.02. The molecule has 0 unspecified atom stereocenters. The van der Waals surface area contributed by atoms with Crippen molar-refractivity contribution in [1.29, 1.82) is 0 Å². The highest BCUT2D eigenvalue weighted by Gasteiger charge is 2.67. The third kappa shape index (κ3) is 4.66. The van der Waals surface area contributed by atoms with Gasteiger partial charge < -0.3 is 10.1 Å². The van der Waals surface area contributed by atoms with Gasteiger partial charge in [0.1, 0.15) is 6.54 Å². The maximum absolute atomic E-state index is 14.1. The van der Waals surface area contributed by atoms with Crippen LogP contribution in [0.1, 0.15) is 28.5 Å². The van der Waals surface area contributed by atoms with Crippen LogP contribution in [0.3, 0.4) is 0 Å². The fraction of sp³-hybridized carbons (Fsp3) is 0.316. The van der Waals surface area contributed by atoms with Gasteiger partial charge in [-0.2, -0.15) is 13.2 Å². The first kappa shape index (κ1) is 21.4. The molecule has 1 atom stereocenters. The van der Waals surface area contributed by atoms with Crippen LogP contribution >= 0.6 is 0 Å². The number of benzene rings is 1. The Hall–Kier alpha value is -2.94. The molecule has 2 aromatic rings. The molecular formula is C19H21F3N3O3+.